The predicted octanol–water partition coefficient (Wildman–Crippen LogP) is 2.00. The molecule has 0 unspecified atom stereocenters. The van der Waals surface area contributed by atoms with Crippen molar-refractivity contribution in [3.05, 3.63) is 18.2 Å². The van der Waals surface area contributed by atoms with Crippen LogP contribution in [0.3, 0.4) is 0 Å². The van der Waals surface area contributed by atoms with Gasteiger partial charge in [-0.25, -0.2) is 0 Å². The first kappa shape index (κ1) is 12.0. The molecule has 2 rings (SSSR count). The highest BCUT2D eigenvalue weighted by Gasteiger charge is 2.25. The Hall–Kier alpha value is -1.42. The lowest BCUT2D eigenvalue weighted by Crippen LogP contribution is -2.44. The summed E-state index contributed by atoms with van der Waals surface area (Å²) in [6.45, 7) is 2.60. The van der Waals surface area contributed by atoms with Gasteiger partial charge in [0.2, 0.25) is 0 Å². The highest BCUT2D eigenvalue weighted by atomic mass is 16.5. The molecule has 0 bridgehead atoms. The van der Waals surface area contributed by atoms with E-state index in [2.05, 4.69) is 5.32 Å². The van der Waals surface area contributed by atoms with Gasteiger partial charge in [0.15, 0.2) is 11.5 Å². The fourth-order valence-corrected chi connectivity index (χ4v) is 2.05. The van der Waals surface area contributed by atoms with Gasteiger partial charge < -0.3 is 20.5 Å². The molecule has 1 aliphatic rings. The molecule has 0 aliphatic heterocycles. The zero-order valence-electron chi connectivity index (χ0n) is 10.4. The Bertz CT molecular complexity index is 376. The van der Waals surface area contributed by atoms with Crippen molar-refractivity contribution in [2.75, 3.05) is 19.0 Å². The number of rotatable bonds is 5. The second kappa shape index (κ2) is 5.27. The highest BCUT2D eigenvalue weighted by Crippen LogP contribution is 2.32. The minimum atomic E-state index is 0.358. The fraction of sp³-hybridized carbons (Fsp3) is 0.538. The Morgan fingerprint density at radius 3 is 2.71 bits per heavy atom. The lowest BCUT2D eigenvalue weighted by Gasteiger charge is -2.33. The Kier molecular flexibility index (Phi) is 3.74. The first-order chi connectivity index (χ1) is 8.22. The predicted molar refractivity (Wildman–Crippen MR) is 68.8 cm³/mol. The quantitative estimate of drug-likeness (QED) is 0.821. The topological polar surface area (TPSA) is 56.5 Å². The van der Waals surface area contributed by atoms with Crippen molar-refractivity contribution >= 4 is 5.69 Å². The molecule has 3 N–H and O–H groups in total. The third-order valence-corrected chi connectivity index (χ3v) is 3.01. The number of nitrogens with two attached hydrogens (primary N) is 1. The van der Waals surface area contributed by atoms with Gasteiger partial charge in [0, 0.05) is 23.8 Å². The second-order valence-electron chi connectivity index (χ2n) is 4.37. The SMILES string of the molecule is CCOc1cc(NC2CC(N)C2)ccc1OC. The number of hydrogen-bond acceptors (Lipinski definition) is 4. The van der Waals surface area contributed by atoms with Crippen molar-refractivity contribution in [3.63, 3.8) is 0 Å². The van der Waals surface area contributed by atoms with Crippen LogP contribution in [-0.4, -0.2) is 25.8 Å². The van der Waals surface area contributed by atoms with Gasteiger partial charge in [-0.2, -0.15) is 0 Å². The zero-order chi connectivity index (χ0) is 12.3. The van der Waals surface area contributed by atoms with E-state index in [1.807, 2.05) is 25.1 Å². The fourth-order valence-electron chi connectivity index (χ4n) is 2.05. The standard InChI is InChI=1S/C13H20N2O2/c1-3-17-13-8-10(4-5-12(13)16-2)15-11-6-9(14)7-11/h4-5,8-9,11,15H,3,6-7,14H2,1-2H3. The number of methoxy groups -OCH3 is 1. The Morgan fingerprint density at radius 1 is 1.35 bits per heavy atom. The van der Waals surface area contributed by atoms with Gasteiger partial charge in [-0.05, 0) is 31.9 Å². The van der Waals surface area contributed by atoms with Crippen LogP contribution < -0.4 is 20.5 Å². The van der Waals surface area contributed by atoms with E-state index in [1.165, 1.54) is 0 Å². The molecule has 0 amide bonds. The van der Waals surface area contributed by atoms with Crippen LogP contribution in [0.4, 0.5) is 5.69 Å². The number of ether oxygens (including phenoxy) is 2. The summed E-state index contributed by atoms with van der Waals surface area (Å²) >= 11 is 0. The van der Waals surface area contributed by atoms with Crippen molar-refractivity contribution in [1.29, 1.82) is 0 Å². The Morgan fingerprint density at radius 2 is 2.12 bits per heavy atom. The third-order valence-electron chi connectivity index (χ3n) is 3.01. The molecule has 1 fully saturated rings. The molecule has 17 heavy (non-hydrogen) atoms. The van der Waals surface area contributed by atoms with E-state index < -0.39 is 0 Å². The summed E-state index contributed by atoms with van der Waals surface area (Å²) in [5.41, 5.74) is 6.82. The molecule has 0 spiro atoms. The van der Waals surface area contributed by atoms with E-state index in [4.69, 9.17) is 15.2 Å². The second-order valence-corrected chi connectivity index (χ2v) is 4.37. The highest BCUT2D eigenvalue weighted by molar-refractivity contribution is 5.55. The van der Waals surface area contributed by atoms with Crippen molar-refractivity contribution in [2.45, 2.75) is 31.8 Å². The summed E-state index contributed by atoms with van der Waals surface area (Å²) in [6.07, 6.45) is 2.08. The van der Waals surface area contributed by atoms with E-state index in [9.17, 15) is 0 Å². The maximum Gasteiger partial charge on any atom is 0.163 e. The van der Waals surface area contributed by atoms with Crippen LogP contribution in [0.25, 0.3) is 0 Å². The molecule has 4 heteroatoms. The maximum absolute atomic E-state index is 5.76. The lowest BCUT2D eigenvalue weighted by atomic mass is 9.87. The first-order valence-electron chi connectivity index (χ1n) is 6.06. The third kappa shape index (κ3) is 2.82. The van der Waals surface area contributed by atoms with Crippen molar-refractivity contribution in [1.82, 2.24) is 0 Å². The van der Waals surface area contributed by atoms with Crippen molar-refractivity contribution < 1.29 is 9.47 Å². The van der Waals surface area contributed by atoms with E-state index in [0.29, 0.717) is 18.7 Å². The smallest absolute Gasteiger partial charge is 0.163 e. The van der Waals surface area contributed by atoms with E-state index in [0.717, 1.165) is 30.0 Å². The summed E-state index contributed by atoms with van der Waals surface area (Å²) in [5, 5.41) is 3.44. The molecular formula is C13H20N2O2. The van der Waals surface area contributed by atoms with Gasteiger partial charge in [-0.15, -0.1) is 0 Å². The molecule has 4 nitrogen and oxygen atoms in total. The van der Waals surface area contributed by atoms with Crippen LogP contribution in [0.5, 0.6) is 11.5 Å². The number of benzene rings is 1. The molecule has 0 atom stereocenters. The molecule has 0 aromatic heterocycles. The summed E-state index contributed by atoms with van der Waals surface area (Å²) in [7, 11) is 1.65. The molecular weight excluding hydrogens is 216 g/mol. The number of hydrogen-bond donors (Lipinski definition) is 2. The molecule has 1 aromatic carbocycles. The normalized spacial score (nSPS) is 22.8. The largest absolute Gasteiger partial charge is 0.493 e. The number of nitrogens with one attached hydrogen (secondary N) is 1. The minimum Gasteiger partial charge on any atom is -0.493 e. The molecule has 1 aliphatic carbocycles. The Labute approximate surface area is 102 Å². The van der Waals surface area contributed by atoms with Crippen molar-refractivity contribution in [3.8, 4) is 11.5 Å². The van der Waals surface area contributed by atoms with E-state index in [-0.39, 0.29) is 0 Å². The average Bonchev–Trinajstić information content (AvgIpc) is 2.28. The van der Waals surface area contributed by atoms with Gasteiger partial charge in [-0.3, -0.25) is 0 Å². The monoisotopic (exact) mass is 236 g/mol. The molecule has 1 saturated carbocycles. The van der Waals surface area contributed by atoms with Gasteiger partial charge in [0.1, 0.15) is 0 Å². The average molecular weight is 236 g/mol. The van der Waals surface area contributed by atoms with Crippen LogP contribution in [-0.2, 0) is 0 Å². The van der Waals surface area contributed by atoms with Gasteiger partial charge >= 0.3 is 0 Å². The zero-order valence-corrected chi connectivity index (χ0v) is 10.4. The molecule has 0 radical (unpaired) electrons. The molecule has 1 aromatic rings. The molecule has 0 saturated heterocycles. The van der Waals surface area contributed by atoms with E-state index >= 15 is 0 Å². The van der Waals surface area contributed by atoms with E-state index in [1.54, 1.807) is 7.11 Å². The van der Waals surface area contributed by atoms with Gasteiger partial charge in [0.05, 0.1) is 13.7 Å². The molecule has 0 heterocycles. The minimum absolute atomic E-state index is 0.358. The summed E-state index contributed by atoms with van der Waals surface area (Å²) < 4.78 is 10.8. The Balaban J connectivity index is 2.04. The van der Waals surface area contributed by atoms with Crippen LogP contribution in [0.1, 0.15) is 19.8 Å². The first-order valence-corrected chi connectivity index (χ1v) is 6.06. The van der Waals surface area contributed by atoms with Gasteiger partial charge in [-0.1, -0.05) is 0 Å². The molecule has 94 valence electrons. The number of anilines is 1. The van der Waals surface area contributed by atoms with Crippen LogP contribution in [0.15, 0.2) is 18.2 Å². The summed E-state index contributed by atoms with van der Waals surface area (Å²) in [4.78, 5) is 0. The maximum atomic E-state index is 5.76. The van der Waals surface area contributed by atoms with Gasteiger partial charge in [0.25, 0.3) is 0 Å². The van der Waals surface area contributed by atoms with Crippen LogP contribution in [0, 0.1) is 0 Å². The lowest BCUT2D eigenvalue weighted by molar-refractivity contribution is 0.311. The summed E-state index contributed by atoms with van der Waals surface area (Å²) in [6, 6.07) is 6.76. The van der Waals surface area contributed by atoms with Crippen molar-refractivity contribution in [2.24, 2.45) is 5.73 Å². The van der Waals surface area contributed by atoms with Crippen LogP contribution in [0.2, 0.25) is 0 Å². The van der Waals surface area contributed by atoms with Crippen LogP contribution >= 0.6 is 0 Å². The summed E-state index contributed by atoms with van der Waals surface area (Å²) in [5.74, 6) is 1.55.